The van der Waals surface area contributed by atoms with Crippen LogP contribution in [0.4, 0.5) is 0 Å². The predicted octanol–water partition coefficient (Wildman–Crippen LogP) is 4.04. The molecule has 0 aliphatic heterocycles. The number of carbonyl (C=O) groups excluding carboxylic acids is 1. The van der Waals surface area contributed by atoms with E-state index in [1.54, 1.807) is 11.1 Å². The van der Waals surface area contributed by atoms with Crippen LogP contribution in [-0.4, -0.2) is 33.4 Å². The second kappa shape index (κ2) is 6.08. The fourth-order valence-electron chi connectivity index (χ4n) is 2.25. The molecule has 1 amide bonds. The van der Waals surface area contributed by atoms with E-state index in [0.29, 0.717) is 10.3 Å². The molecule has 1 aromatic heterocycles. The third-order valence-corrected chi connectivity index (χ3v) is 4.51. The Hall–Kier alpha value is -1.88. The van der Waals surface area contributed by atoms with Crippen LogP contribution >= 0.6 is 12.2 Å². The van der Waals surface area contributed by atoms with Gasteiger partial charge < -0.3 is 9.88 Å². The van der Waals surface area contributed by atoms with E-state index < -0.39 is 0 Å². The van der Waals surface area contributed by atoms with Gasteiger partial charge in [-0.15, -0.1) is 0 Å². The van der Waals surface area contributed by atoms with Gasteiger partial charge in [0.2, 0.25) is 0 Å². The minimum Gasteiger partial charge on any atom is -0.338 e. The Morgan fingerprint density at radius 1 is 1.27 bits per heavy atom. The van der Waals surface area contributed by atoms with Crippen molar-refractivity contribution >= 4 is 18.1 Å². The minimum atomic E-state index is 0.0339. The second-order valence-corrected chi connectivity index (χ2v) is 7.03. The number of aromatic nitrogens is 2. The molecule has 1 heterocycles. The zero-order valence-electron chi connectivity index (χ0n) is 13.8. The second-order valence-electron chi connectivity index (χ2n) is 6.64. The van der Waals surface area contributed by atoms with Gasteiger partial charge in [0.05, 0.1) is 0 Å². The molecule has 2 rings (SSSR count). The summed E-state index contributed by atoms with van der Waals surface area (Å²) in [5.41, 5.74) is 1.67. The monoisotopic (exact) mass is 317 g/mol. The highest BCUT2D eigenvalue weighted by molar-refractivity contribution is 7.71. The molecule has 0 saturated carbocycles. The molecule has 1 N–H and O–H groups in total. The largest absolute Gasteiger partial charge is 0.338 e. The quantitative estimate of drug-likeness (QED) is 0.868. The topological polar surface area (TPSA) is 41.0 Å². The van der Waals surface area contributed by atoms with E-state index in [0.717, 1.165) is 5.69 Å². The normalized spacial score (nSPS) is 13.0. The van der Waals surface area contributed by atoms with Crippen LogP contribution in [0.15, 0.2) is 36.7 Å². The van der Waals surface area contributed by atoms with Crippen molar-refractivity contribution in [3.05, 3.63) is 47.0 Å². The first-order valence-electron chi connectivity index (χ1n) is 7.35. The molecule has 5 heteroatoms. The van der Waals surface area contributed by atoms with Gasteiger partial charge in [0, 0.05) is 36.7 Å². The molecule has 0 fully saturated rings. The van der Waals surface area contributed by atoms with Crippen LogP contribution in [-0.2, 0) is 0 Å². The molecule has 4 nitrogen and oxygen atoms in total. The Kier molecular flexibility index (Phi) is 4.56. The molecule has 1 atom stereocenters. The smallest absolute Gasteiger partial charge is 0.253 e. The fourth-order valence-corrected chi connectivity index (χ4v) is 2.48. The number of nitrogens with one attached hydrogen (secondary N) is 1. The molecule has 1 aromatic carbocycles. The van der Waals surface area contributed by atoms with Gasteiger partial charge in [0.15, 0.2) is 4.77 Å². The third kappa shape index (κ3) is 3.30. The Balaban J connectivity index is 2.22. The molecule has 0 radical (unpaired) electrons. The molecule has 0 bridgehead atoms. The molecule has 2 aromatic rings. The lowest BCUT2D eigenvalue weighted by molar-refractivity contribution is 0.0629. The molecule has 118 valence electrons. The first kappa shape index (κ1) is 16.5. The molecule has 0 saturated heterocycles. The molecule has 0 aliphatic rings. The van der Waals surface area contributed by atoms with Crippen LogP contribution in [0.5, 0.6) is 0 Å². The lowest BCUT2D eigenvalue weighted by atomic mass is 9.87. The van der Waals surface area contributed by atoms with Crippen LogP contribution in [0.2, 0.25) is 0 Å². The van der Waals surface area contributed by atoms with Crippen LogP contribution in [0.25, 0.3) is 5.69 Å². The van der Waals surface area contributed by atoms with Crippen LogP contribution in [0.3, 0.4) is 0 Å². The standard InChI is InChI=1S/C17H23N3OS/c1-12(17(2,3)4)19(5)15(21)13-6-8-14(9-7-13)20-11-10-18-16(20)22/h6-12H,1-5H3,(H,18,22). The van der Waals surface area contributed by atoms with E-state index in [4.69, 9.17) is 12.2 Å². The highest BCUT2D eigenvalue weighted by Crippen LogP contribution is 2.24. The highest BCUT2D eigenvalue weighted by atomic mass is 32.1. The summed E-state index contributed by atoms with van der Waals surface area (Å²) in [5, 5.41) is 0. The van der Waals surface area contributed by atoms with Crippen LogP contribution < -0.4 is 0 Å². The van der Waals surface area contributed by atoms with Gasteiger partial charge in [-0.1, -0.05) is 20.8 Å². The summed E-state index contributed by atoms with van der Waals surface area (Å²) in [6.07, 6.45) is 3.66. The molecule has 0 aliphatic carbocycles. The van der Waals surface area contributed by atoms with Crippen LogP contribution in [0.1, 0.15) is 38.1 Å². The van der Waals surface area contributed by atoms with E-state index in [1.807, 2.05) is 42.1 Å². The lowest BCUT2D eigenvalue weighted by Gasteiger charge is -2.35. The van der Waals surface area contributed by atoms with Gasteiger partial charge in [-0.2, -0.15) is 0 Å². The van der Waals surface area contributed by atoms with Gasteiger partial charge in [-0.3, -0.25) is 9.36 Å². The number of benzene rings is 1. The summed E-state index contributed by atoms with van der Waals surface area (Å²) in [7, 11) is 1.86. The number of carbonyl (C=O) groups is 1. The summed E-state index contributed by atoms with van der Waals surface area (Å²) in [4.78, 5) is 17.3. The van der Waals surface area contributed by atoms with Gasteiger partial charge in [0.1, 0.15) is 0 Å². The van der Waals surface area contributed by atoms with Crippen molar-refractivity contribution in [1.82, 2.24) is 14.5 Å². The summed E-state index contributed by atoms with van der Waals surface area (Å²) in [6.45, 7) is 8.49. The Morgan fingerprint density at radius 2 is 1.86 bits per heavy atom. The van der Waals surface area contributed by atoms with Gasteiger partial charge in [-0.25, -0.2) is 0 Å². The average molecular weight is 317 g/mol. The van der Waals surface area contributed by atoms with Crippen molar-refractivity contribution in [2.45, 2.75) is 33.7 Å². The zero-order valence-corrected chi connectivity index (χ0v) is 14.6. The Bertz CT molecular complexity index is 706. The Morgan fingerprint density at radius 3 is 2.32 bits per heavy atom. The van der Waals surface area contributed by atoms with Crippen molar-refractivity contribution in [3.8, 4) is 5.69 Å². The predicted molar refractivity (Wildman–Crippen MR) is 92.0 cm³/mol. The van der Waals surface area contributed by atoms with Crippen molar-refractivity contribution < 1.29 is 4.79 Å². The lowest BCUT2D eigenvalue weighted by Crippen LogP contribution is -2.42. The van der Waals surface area contributed by atoms with Crippen molar-refractivity contribution in [1.29, 1.82) is 0 Å². The van der Waals surface area contributed by atoms with Crippen LogP contribution in [0, 0.1) is 10.2 Å². The number of rotatable bonds is 3. The number of amides is 1. The van der Waals surface area contributed by atoms with E-state index >= 15 is 0 Å². The first-order chi connectivity index (χ1) is 10.2. The summed E-state index contributed by atoms with van der Waals surface area (Å²) in [5.74, 6) is 0.0339. The summed E-state index contributed by atoms with van der Waals surface area (Å²) in [6, 6.07) is 7.66. The first-order valence-corrected chi connectivity index (χ1v) is 7.76. The molecule has 22 heavy (non-hydrogen) atoms. The van der Waals surface area contributed by atoms with Crippen molar-refractivity contribution in [2.24, 2.45) is 5.41 Å². The van der Waals surface area contributed by atoms with Crippen molar-refractivity contribution in [2.75, 3.05) is 7.05 Å². The van der Waals surface area contributed by atoms with Crippen molar-refractivity contribution in [3.63, 3.8) is 0 Å². The van der Waals surface area contributed by atoms with Gasteiger partial charge in [-0.05, 0) is 48.8 Å². The maximum absolute atomic E-state index is 12.6. The Labute approximate surface area is 136 Å². The molecular weight excluding hydrogens is 294 g/mol. The number of nitrogens with zero attached hydrogens (tertiary/aromatic N) is 2. The number of hydrogen-bond donors (Lipinski definition) is 1. The maximum atomic E-state index is 12.6. The molecular formula is C17H23N3OS. The number of H-pyrrole nitrogens is 1. The zero-order chi connectivity index (χ0) is 16.5. The van der Waals surface area contributed by atoms with E-state index in [2.05, 4.69) is 32.7 Å². The summed E-state index contributed by atoms with van der Waals surface area (Å²) >= 11 is 5.20. The number of aromatic amines is 1. The highest BCUT2D eigenvalue weighted by Gasteiger charge is 2.27. The maximum Gasteiger partial charge on any atom is 0.253 e. The van der Waals surface area contributed by atoms with E-state index in [-0.39, 0.29) is 17.4 Å². The third-order valence-electron chi connectivity index (χ3n) is 4.20. The number of imidazole rings is 1. The number of hydrogen-bond acceptors (Lipinski definition) is 2. The average Bonchev–Trinajstić information content (AvgIpc) is 2.90. The van der Waals surface area contributed by atoms with E-state index in [1.165, 1.54) is 0 Å². The SMILES string of the molecule is CC(N(C)C(=O)c1ccc(-n2cc[nH]c2=S)cc1)C(C)(C)C. The van der Waals surface area contributed by atoms with E-state index in [9.17, 15) is 4.79 Å². The van der Waals surface area contributed by atoms with Gasteiger partial charge >= 0.3 is 0 Å². The van der Waals surface area contributed by atoms with Gasteiger partial charge in [0.25, 0.3) is 5.91 Å². The molecule has 0 spiro atoms. The minimum absolute atomic E-state index is 0.0339. The summed E-state index contributed by atoms with van der Waals surface area (Å²) < 4.78 is 2.50. The molecule has 1 unspecified atom stereocenters. The fraction of sp³-hybridized carbons (Fsp3) is 0.412.